The van der Waals surface area contributed by atoms with Gasteiger partial charge in [0.15, 0.2) is 5.78 Å². The zero-order chi connectivity index (χ0) is 18.9. The van der Waals surface area contributed by atoms with Crippen molar-refractivity contribution in [3.05, 3.63) is 78.0 Å². The van der Waals surface area contributed by atoms with E-state index in [1.807, 2.05) is 30.3 Å². The van der Waals surface area contributed by atoms with Crippen molar-refractivity contribution in [2.75, 3.05) is 13.2 Å². The largest absolute Gasteiger partial charge is 0.378 e. The molecular weight excluding hydrogens is 348 g/mol. The molecule has 5 rings (SSSR count). The molecule has 2 saturated heterocycles. The molecular formula is C24H24N2O2. The monoisotopic (exact) mass is 372 g/mol. The predicted molar refractivity (Wildman–Crippen MR) is 109 cm³/mol. The van der Waals surface area contributed by atoms with Crippen LogP contribution in [-0.4, -0.2) is 41.0 Å². The number of fused-ring (bicyclic) bond motifs is 3. The third-order valence-electron chi connectivity index (χ3n) is 6.14. The number of morpholine rings is 1. The number of hydrogen-bond acceptors (Lipinski definition) is 4. The number of rotatable bonds is 4. The number of pyridine rings is 1. The summed E-state index contributed by atoms with van der Waals surface area (Å²) in [6.07, 6.45) is 3.51. The summed E-state index contributed by atoms with van der Waals surface area (Å²) < 4.78 is 5.83. The highest BCUT2D eigenvalue weighted by Crippen LogP contribution is 2.35. The Morgan fingerprint density at radius 3 is 2.57 bits per heavy atom. The highest BCUT2D eigenvalue weighted by atomic mass is 16.5. The van der Waals surface area contributed by atoms with Gasteiger partial charge in [0.05, 0.1) is 18.7 Å². The van der Waals surface area contributed by atoms with E-state index >= 15 is 0 Å². The fourth-order valence-electron chi connectivity index (χ4n) is 4.71. The molecule has 3 aromatic rings. The van der Waals surface area contributed by atoms with Crippen LogP contribution in [0.5, 0.6) is 0 Å². The molecule has 2 fully saturated rings. The average Bonchev–Trinajstić information content (AvgIpc) is 2.73. The van der Waals surface area contributed by atoms with Gasteiger partial charge in [0.2, 0.25) is 0 Å². The Kier molecular flexibility index (Phi) is 4.67. The summed E-state index contributed by atoms with van der Waals surface area (Å²) >= 11 is 0. The fourth-order valence-corrected chi connectivity index (χ4v) is 4.71. The number of carbonyl (C=O) groups excluding carboxylic acids is 1. The highest BCUT2D eigenvalue weighted by molar-refractivity contribution is 6.00. The number of ketones is 1. The molecule has 2 aliphatic heterocycles. The summed E-state index contributed by atoms with van der Waals surface area (Å²) in [7, 11) is 0. The number of aromatic nitrogens is 1. The maximum atomic E-state index is 13.3. The number of carbonyl (C=O) groups is 1. The summed E-state index contributed by atoms with van der Waals surface area (Å²) in [6.45, 7) is 2.36. The molecule has 0 saturated carbocycles. The van der Waals surface area contributed by atoms with E-state index in [0.717, 1.165) is 35.9 Å². The molecule has 4 heteroatoms. The van der Waals surface area contributed by atoms with Gasteiger partial charge in [-0.1, -0.05) is 48.5 Å². The van der Waals surface area contributed by atoms with Crippen molar-refractivity contribution in [1.82, 2.24) is 9.88 Å². The van der Waals surface area contributed by atoms with Crippen LogP contribution >= 0.6 is 0 Å². The molecule has 2 atom stereocenters. The minimum atomic E-state index is 0.0621. The van der Waals surface area contributed by atoms with Gasteiger partial charge in [-0.05, 0) is 30.5 Å². The topological polar surface area (TPSA) is 42.4 Å². The van der Waals surface area contributed by atoms with Crippen molar-refractivity contribution in [2.24, 2.45) is 5.92 Å². The summed E-state index contributed by atoms with van der Waals surface area (Å²) in [5.41, 5.74) is 3.00. The van der Waals surface area contributed by atoms with E-state index in [1.165, 1.54) is 5.56 Å². The predicted octanol–water partition coefficient (Wildman–Crippen LogP) is 4.10. The van der Waals surface area contributed by atoms with E-state index in [1.54, 1.807) is 6.20 Å². The van der Waals surface area contributed by atoms with E-state index in [9.17, 15) is 4.79 Å². The standard InChI is InChI=1S/C24H24N2O2/c27-24(19-9-8-18-7-4-10-25-23(18)13-19)20-11-21-15-28-16-22(12-20)26(21)14-17-5-2-1-3-6-17/h1-10,13,20-22H,11-12,14-16H2. The molecule has 0 N–H and O–H groups in total. The first-order chi connectivity index (χ1) is 13.8. The van der Waals surface area contributed by atoms with Crippen molar-refractivity contribution in [1.29, 1.82) is 0 Å². The maximum Gasteiger partial charge on any atom is 0.166 e. The first-order valence-corrected chi connectivity index (χ1v) is 10.0. The van der Waals surface area contributed by atoms with E-state index in [-0.39, 0.29) is 11.7 Å². The Morgan fingerprint density at radius 1 is 1.00 bits per heavy atom. The molecule has 2 aromatic carbocycles. The van der Waals surface area contributed by atoms with Gasteiger partial charge in [-0.2, -0.15) is 0 Å². The smallest absolute Gasteiger partial charge is 0.166 e. The van der Waals surface area contributed by atoms with Gasteiger partial charge >= 0.3 is 0 Å². The lowest BCUT2D eigenvalue weighted by molar-refractivity contribution is -0.0872. The molecule has 1 aromatic heterocycles. The van der Waals surface area contributed by atoms with Gasteiger partial charge in [0.25, 0.3) is 0 Å². The second-order valence-corrected chi connectivity index (χ2v) is 7.95. The van der Waals surface area contributed by atoms with Crippen LogP contribution in [0.4, 0.5) is 0 Å². The van der Waals surface area contributed by atoms with Crippen LogP contribution in [0.3, 0.4) is 0 Å². The molecule has 0 amide bonds. The van der Waals surface area contributed by atoms with Gasteiger partial charge < -0.3 is 4.74 Å². The number of hydrogen-bond donors (Lipinski definition) is 0. The lowest BCUT2D eigenvalue weighted by Gasteiger charge is -2.48. The van der Waals surface area contributed by atoms with E-state index < -0.39 is 0 Å². The van der Waals surface area contributed by atoms with Crippen LogP contribution in [0.15, 0.2) is 66.9 Å². The first-order valence-electron chi connectivity index (χ1n) is 10.0. The Morgan fingerprint density at radius 2 is 1.79 bits per heavy atom. The Bertz CT molecular complexity index is 974. The van der Waals surface area contributed by atoms with Crippen molar-refractivity contribution in [3.63, 3.8) is 0 Å². The summed E-state index contributed by atoms with van der Waals surface area (Å²) in [5.74, 6) is 0.316. The number of ether oxygens (including phenoxy) is 1. The van der Waals surface area contributed by atoms with Gasteiger partial charge in [0.1, 0.15) is 0 Å². The number of piperidine rings is 1. The zero-order valence-electron chi connectivity index (χ0n) is 15.8. The molecule has 2 unspecified atom stereocenters. The minimum absolute atomic E-state index is 0.0621. The van der Waals surface area contributed by atoms with Crippen LogP contribution in [-0.2, 0) is 11.3 Å². The number of Topliss-reactive ketones (excluding diaryl/α,β-unsaturated/α-hetero) is 1. The molecule has 3 heterocycles. The van der Waals surface area contributed by atoms with Gasteiger partial charge in [-0.3, -0.25) is 14.7 Å². The number of nitrogens with zero attached hydrogens (tertiary/aromatic N) is 2. The van der Waals surface area contributed by atoms with E-state index in [4.69, 9.17) is 4.74 Å². The quantitative estimate of drug-likeness (QED) is 0.647. The van der Waals surface area contributed by atoms with Crippen molar-refractivity contribution < 1.29 is 9.53 Å². The minimum Gasteiger partial charge on any atom is -0.378 e. The SMILES string of the molecule is O=C(c1ccc2cccnc2c1)C1CC2COCC(C1)N2Cc1ccccc1. The van der Waals surface area contributed by atoms with Gasteiger partial charge in [0, 0.05) is 41.7 Å². The van der Waals surface area contributed by atoms with Gasteiger partial charge in [-0.25, -0.2) is 0 Å². The van der Waals surface area contributed by atoms with Gasteiger partial charge in [-0.15, -0.1) is 0 Å². The number of benzene rings is 2. The van der Waals surface area contributed by atoms with Crippen LogP contribution in [0.1, 0.15) is 28.8 Å². The molecule has 0 spiro atoms. The zero-order valence-corrected chi connectivity index (χ0v) is 15.8. The summed E-state index contributed by atoms with van der Waals surface area (Å²) in [4.78, 5) is 20.2. The second kappa shape index (κ2) is 7.46. The molecule has 4 nitrogen and oxygen atoms in total. The normalized spacial score (nSPS) is 24.9. The average molecular weight is 372 g/mol. The van der Waals surface area contributed by atoms with E-state index in [0.29, 0.717) is 25.3 Å². The van der Waals surface area contributed by atoms with Crippen LogP contribution < -0.4 is 0 Å². The third-order valence-corrected chi connectivity index (χ3v) is 6.14. The molecule has 2 aliphatic rings. The molecule has 2 bridgehead atoms. The van der Waals surface area contributed by atoms with Crippen LogP contribution in [0.2, 0.25) is 0 Å². The van der Waals surface area contributed by atoms with Crippen LogP contribution in [0, 0.1) is 5.92 Å². The Labute approximate surface area is 165 Å². The Hall–Kier alpha value is -2.56. The maximum absolute atomic E-state index is 13.3. The van der Waals surface area contributed by atoms with E-state index in [2.05, 4.69) is 40.2 Å². The van der Waals surface area contributed by atoms with Crippen molar-refractivity contribution in [3.8, 4) is 0 Å². The summed E-state index contributed by atoms with van der Waals surface area (Å²) in [6, 6.07) is 21.0. The fraction of sp³-hybridized carbons (Fsp3) is 0.333. The molecule has 28 heavy (non-hydrogen) atoms. The second-order valence-electron chi connectivity index (χ2n) is 7.95. The first kappa shape index (κ1) is 17.5. The molecule has 142 valence electrons. The van der Waals surface area contributed by atoms with Crippen LogP contribution in [0.25, 0.3) is 10.9 Å². The third kappa shape index (κ3) is 3.34. The molecule has 0 radical (unpaired) electrons. The molecule has 0 aliphatic carbocycles. The highest BCUT2D eigenvalue weighted by Gasteiger charge is 2.41. The lowest BCUT2D eigenvalue weighted by atomic mass is 9.80. The Balaban J connectivity index is 1.35. The van der Waals surface area contributed by atoms with Crippen molar-refractivity contribution in [2.45, 2.75) is 31.5 Å². The lowest BCUT2D eigenvalue weighted by Crippen LogP contribution is -2.57. The summed E-state index contributed by atoms with van der Waals surface area (Å²) in [5, 5.41) is 1.07. The van der Waals surface area contributed by atoms with Crippen molar-refractivity contribution >= 4 is 16.7 Å².